The first-order chi connectivity index (χ1) is 11.5. The van der Waals surface area contributed by atoms with Crippen LogP contribution in [-0.2, 0) is 6.18 Å². The van der Waals surface area contributed by atoms with Crippen LogP contribution in [0.15, 0.2) is 23.3 Å². The molecule has 0 atom stereocenters. The lowest BCUT2D eigenvalue weighted by Gasteiger charge is -2.16. The van der Waals surface area contributed by atoms with Gasteiger partial charge in [0.25, 0.3) is 0 Å². The monoisotopic (exact) mass is 472 g/mol. The molecule has 0 spiro atoms. The summed E-state index contributed by atoms with van der Waals surface area (Å²) in [5.41, 5.74) is 4.93. The molecule has 0 radical (unpaired) electrons. The van der Waals surface area contributed by atoms with E-state index in [1.807, 2.05) is 0 Å². The van der Waals surface area contributed by atoms with E-state index in [1.54, 1.807) is 0 Å². The molecule has 0 aliphatic heterocycles. The van der Waals surface area contributed by atoms with Crippen molar-refractivity contribution in [3.8, 4) is 5.88 Å². The van der Waals surface area contributed by atoms with Crippen molar-refractivity contribution in [2.24, 2.45) is 10.7 Å². The van der Waals surface area contributed by atoms with E-state index in [-0.39, 0.29) is 37.1 Å². The highest BCUT2D eigenvalue weighted by atomic mass is 127. The second-order valence-electron chi connectivity index (χ2n) is 5.80. The summed E-state index contributed by atoms with van der Waals surface area (Å²) < 4.78 is 43.5. The zero-order valence-corrected chi connectivity index (χ0v) is 16.2. The van der Waals surface area contributed by atoms with Crippen LogP contribution in [0.2, 0.25) is 0 Å². The van der Waals surface area contributed by atoms with E-state index in [1.165, 1.54) is 37.9 Å². The first-order valence-electron chi connectivity index (χ1n) is 8.18. The summed E-state index contributed by atoms with van der Waals surface area (Å²) in [6.45, 7) is 0.145. The molecule has 2 rings (SSSR count). The Morgan fingerprint density at radius 1 is 1.28 bits per heavy atom. The summed E-state index contributed by atoms with van der Waals surface area (Å²) in [6, 6.07) is 2.49. The average Bonchev–Trinajstić information content (AvgIpc) is 2.79. The van der Waals surface area contributed by atoms with Crippen LogP contribution in [0.25, 0.3) is 0 Å². The predicted molar refractivity (Wildman–Crippen MR) is 101 cm³/mol. The molecule has 0 bridgehead atoms. The Labute approximate surface area is 162 Å². The van der Waals surface area contributed by atoms with Crippen LogP contribution in [0.3, 0.4) is 0 Å². The van der Waals surface area contributed by atoms with Crippen LogP contribution in [0.5, 0.6) is 5.88 Å². The van der Waals surface area contributed by atoms with Crippen molar-refractivity contribution in [2.45, 2.75) is 50.7 Å². The molecule has 0 unspecified atom stereocenters. The summed E-state index contributed by atoms with van der Waals surface area (Å²) in [4.78, 5) is 7.73. The fraction of sp³-hybridized carbons (Fsp3) is 0.625. The van der Waals surface area contributed by atoms with Gasteiger partial charge in [0.2, 0.25) is 5.88 Å². The van der Waals surface area contributed by atoms with Gasteiger partial charge < -0.3 is 15.8 Å². The molecule has 25 heavy (non-hydrogen) atoms. The van der Waals surface area contributed by atoms with Crippen molar-refractivity contribution in [2.75, 3.05) is 13.2 Å². The molecule has 1 aliphatic carbocycles. The summed E-state index contributed by atoms with van der Waals surface area (Å²) >= 11 is 0. The molecule has 0 amide bonds. The number of hydrogen-bond donors (Lipinski definition) is 2. The molecule has 1 aromatic heterocycles. The number of nitrogens with one attached hydrogen (secondary N) is 1. The van der Waals surface area contributed by atoms with Crippen molar-refractivity contribution in [3.05, 3.63) is 23.9 Å². The van der Waals surface area contributed by atoms with Gasteiger partial charge in [0.15, 0.2) is 5.96 Å². The number of aliphatic imine (C=N–C) groups is 1. The third-order valence-corrected chi connectivity index (χ3v) is 3.90. The van der Waals surface area contributed by atoms with Gasteiger partial charge in [-0.3, -0.25) is 0 Å². The minimum absolute atomic E-state index is 0. The van der Waals surface area contributed by atoms with E-state index in [4.69, 9.17) is 10.5 Å². The second-order valence-corrected chi connectivity index (χ2v) is 5.80. The molecule has 1 aromatic rings. The van der Waals surface area contributed by atoms with Gasteiger partial charge >= 0.3 is 6.18 Å². The Morgan fingerprint density at radius 3 is 2.60 bits per heavy atom. The second kappa shape index (κ2) is 10.7. The zero-order valence-electron chi connectivity index (χ0n) is 13.9. The van der Waals surface area contributed by atoms with Crippen LogP contribution < -0.4 is 15.8 Å². The minimum Gasteiger partial charge on any atom is -0.475 e. The Hall–Kier alpha value is -1.26. The lowest BCUT2D eigenvalue weighted by Crippen LogP contribution is -2.40. The third-order valence-electron chi connectivity index (χ3n) is 3.90. The Bertz CT molecular complexity index is 546. The van der Waals surface area contributed by atoms with Crippen LogP contribution in [0.1, 0.15) is 44.1 Å². The van der Waals surface area contributed by atoms with Gasteiger partial charge in [-0.2, -0.15) is 13.2 Å². The van der Waals surface area contributed by atoms with Gasteiger partial charge in [-0.25, -0.2) is 9.98 Å². The highest BCUT2D eigenvalue weighted by molar-refractivity contribution is 14.0. The van der Waals surface area contributed by atoms with Gasteiger partial charge in [-0.15, -0.1) is 24.0 Å². The van der Waals surface area contributed by atoms with Crippen LogP contribution >= 0.6 is 24.0 Å². The maximum absolute atomic E-state index is 12.8. The maximum atomic E-state index is 12.8. The first kappa shape index (κ1) is 21.8. The molecule has 9 heteroatoms. The van der Waals surface area contributed by atoms with Crippen LogP contribution in [0, 0.1) is 0 Å². The molecule has 1 fully saturated rings. The zero-order chi connectivity index (χ0) is 17.4. The molecule has 1 saturated carbocycles. The molecular weight excluding hydrogens is 448 g/mol. The van der Waals surface area contributed by atoms with E-state index in [2.05, 4.69) is 15.3 Å². The topological polar surface area (TPSA) is 72.5 Å². The molecule has 3 N–H and O–H groups in total. The van der Waals surface area contributed by atoms with Gasteiger partial charge in [0.1, 0.15) is 12.2 Å². The lowest BCUT2D eigenvalue weighted by atomic mass is 10.1. The van der Waals surface area contributed by atoms with E-state index < -0.39 is 17.6 Å². The number of hydrogen-bond acceptors (Lipinski definition) is 3. The molecule has 1 heterocycles. The molecule has 142 valence electrons. The summed E-state index contributed by atoms with van der Waals surface area (Å²) in [7, 11) is 0. The van der Waals surface area contributed by atoms with Gasteiger partial charge in [0.05, 0.1) is 6.54 Å². The Kier molecular flexibility index (Phi) is 9.30. The number of nitrogens with zero attached hydrogens (tertiary/aromatic N) is 2. The SMILES string of the molecule is I.NC(=NCCOc1ncccc1C(F)(F)F)NC1CCCCCC1. The van der Waals surface area contributed by atoms with Gasteiger partial charge in [-0.05, 0) is 25.0 Å². The summed E-state index contributed by atoms with van der Waals surface area (Å²) in [5.74, 6) is -0.127. The summed E-state index contributed by atoms with van der Waals surface area (Å²) in [6.07, 6.45) is 3.74. The van der Waals surface area contributed by atoms with E-state index in [0.29, 0.717) is 12.0 Å². The van der Waals surface area contributed by atoms with Gasteiger partial charge in [0, 0.05) is 12.2 Å². The normalized spacial score (nSPS) is 16.7. The van der Waals surface area contributed by atoms with Gasteiger partial charge in [-0.1, -0.05) is 25.7 Å². The molecule has 1 aliphatic rings. The minimum atomic E-state index is -4.49. The van der Waals surface area contributed by atoms with Crippen LogP contribution in [0.4, 0.5) is 13.2 Å². The number of aromatic nitrogens is 1. The molecule has 0 saturated heterocycles. The quantitative estimate of drug-likeness (QED) is 0.225. The Morgan fingerprint density at radius 2 is 1.96 bits per heavy atom. The van der Waals surface area contributed by atoms with Crippen molar-refractivity contribution < 1.29 is 17.9 Å². The number of alkyl halides is 3. The largest absolute Gasteiger partial charge is 0.475 e. The predicted octanol–water partition coefficient (Wildman–Crippen LogP) is 3.72. The fourth-order valence-electron chi connectivity index (χ4n) is 2.71. The molecule has 5 nitrogen and oxygen atoms in total. The highest BCUT2D eigenvalue weighted by Gasteiger charge is 2.34. The number of nitrogens with two attached hydrogens (primary N) is 1. The van der Waals surface area contributed by atoms with E-state index >= 15 is 0 Å². The standard InChI is InChI=1S/C16H23F3N4O.HI/c17-16(18,19)13-8-5-9-21-14(13)24-11-10-22-15(20)23-12-6-3-1-2-4-7-12;/h5,8-9,12H,1-4,6-7,10-11H2,(H3,20,22,23);1H. The molecule has 0 aromatic carbocycles. The number of pyridine rings is 1. The van der Waals surface area contributed by atoms with E-state index in [9.17, 15) is 13.2 Å². The maximum Gasteiger partial charge on any atom is 0.421 e. The highest BCUT2D eigenvalue weighted by Crippen LogP contribution is 2.34. The average molecular weight is 472 g/mol. The number of ether oxygens (including phenoxy) is 1. The number of rotatable bonds is 5. The Balaban J connectivity index is 0.00000312. The van der Waals surface area contributed by atoms with Crippen LogP contribution in [-0.4, -0.2) is 30.1 Å². The van der Waals surface area contributed by atoms with Crippen molar-refractivity contribution >= 4 is 29.9 Å². The number of halogens is 4. The smallest absolute Gasteiger partial charge is 0.421 e. The van der Waals surface area contributed by atoms with Crippen molar-refractivity contribution in [3.63, 3.8) is 0 Å². The van der Waals surface area contributed by atoms with E-state index in [0.717, 1.165) is 18.9 Å². The van der Waals surface area contributed by atoms with Crippen molar-refractivity contribution in [1.82, 2.24) is 10.3 Å². The van der Waals surface area contributed by atoms with Crippen molar-refractivity contribution in [1.29, 1.82) is 0 Å². The lowest BCUT2D eigenvalue weighted by molar-refractivity contribution is -0.139. The third kappa shape index (κ3) is 7.66. The first-order valence-corrected chi connectivity index (χ1v) is 8.18. The number of guanidine groups is 1. The summed E-state index contributed by atoms with van der Waals surface area (Å²) in [5, 5.41) is 3.17. The molecular formula is C16H24F3IN4O. The fourth-order valence-corrected chi connectivity index (χ4v) is 2.71.